The first-order valence-electron chi connectivity index (χ1n) is 3.36. The number of oxazole rings is 1. The third-order valence-electron chi connectivity index (χ3n) is 1.59. The van der Waals surface area contributed by atoms with Gasteiger partial charge in [0.1, 0.15) is 5.52 Å². The van der Waals surface area contributed by atoms with Gasteiger partial charge in [0.05, 0.1) is 0 Å². The molecule has 1 amide bonds. The average molecular weight is 161 g/mol. The summed E-state index contributed by atoms with van der Waals surface area (Å²) < 4.78 is 4.97. The molecule has 4 heteroatoms. The number of aromatic nitrogens is 1. The van der Waals surface area contributed by atoms with E-state index in [2.05, 4.69) is 4.98 Å². The topological polar surface area (TPSA) is 66.9 Å². The van der Waals surface area contributed by atoms with E-state index in [1.807, 2.05) is 0 Å². The van der Waals surface area contributed by atoms with Crippen LogP contribution in [0.1, 0.15) is 10.4 Å². The summed E-state index contributed by atoms with van der Waals surface area (Å²) in [5.41, 5.74) is 8.41. The summed E-state index contributed by atoms with van der Waals surface area (Å²) in [6.45, 7) is 0. The number of hydrogen-bond donors (Lipinski definition) is 0. The molecule has 1 radical (unpaired) electrons. The van der Waals surface area contributed by atoms with Crippen LogP contribution in [0.15, 0.2) is 29.0 Å². The average Bonchev–Trinajstić information content (AvgIpc) is 2.49. The standard InChI is InChI=1S/C8H5N2O2/c9-8(11)5-1-2-7-6(3-5)10-4-12-7/h1-4,9H. The molecule has 12 heavy (non-hydrogen) atoms. The zero-order valence-corrected chi connectivity index (χ0v) is 6.07. The molecule has 1 aromatic carbocycles. The SMILES string of the molecule is [NH]C(=O)c1ccc2ocnc2c1. The molecule has 59 valence electrons. The summed E-state index contributed by atoms with van der Waals surface area (Å²) in [4.78, 5) is 14.5. The molecule has 0 aliphatic carbocycles. The number of carbonyl (C=O) groups excluding carboxylic acids is 1. The lowest BCUT2D eigenvalue weighted by Gasteiger charge is -1.91. The van der Waals surface area contributed by atoms with E-state index in [0.29, 0.717) is 16.7 Å². The number of benzene rings is 1. The van der Waals surface area contributed by atoms with Crippen LogP contribution in [0, 0.1) is 0 Å². The number of fused-ring (bicyclic) bond motifs is 1. The highest BCUT2D eigenvalue weighted by atomic mass is 16.3. The Kier molecular flexibility index (Phi) is 1.33. The largest absolute Gasteiger partial charge is 0.443 e. The van der Waals surface area contributed by atoms with Crippen LogP contribution in [0.2, 0.25) is 0 Å². The zero-order valence-electron chi connectivity index (χ0n) is 6.07. The van der Waals surface area contributed by atoms with Gasteiger partial charge in [0.2, 0.25) is 0 Å². The number of rotatable bonds is 1. The summed E-state index contributed by atoms with van der Waals surface area (Å²) in [6.07, 6.45) is 1.31. The van der Waals surface area contributed by atoms with E-state index in [1.54, 1.807) is 12.1 Å². The lowest BCUT2D eigenvalue weighted by atomic mass is 10.2. The summed E-state index contributed by atoms with van der Waals surface area (Å²) in [6, 6.07) is 4.71. The number of carbonyl (C=O) groups is 1. The quantitative estimate of drug-likeness (QED) is 0.632. The molecule has 2 rings (SSSR count). The molecule has 0 atom stereocenters. The highest BCUT2D eigenvalue weighted by molar-refractivity contribution is 5.95. The van der Waals surface area contributed by atoms with Crippen molar-refractivity contribution in [1.29, 1.82) is 0 Å². The van der Waals surface area contributed by atoms with Crippen LogP contribution in [0.5, 0.6) is 0 Å². The fraction of sp³-hybridized carbons (Fsp3) is 0. The van der Waals surface area contributed by atoms with E-state index >= 15 is 0 Å². The van der Waals surface area contributed by atoms with E-state index in [0.717, 1.165) is 0 Å². The van der Waals surface area contributed by atoms with Crippen molar-refractivity contribution in [2.75, 3.05) is 0 Å². The number of nitrogens with zero attached hydrogens (tertiary/aromatic N) is 1. The lowest BCUT2D eigenvalue weighted by molar-refractivity contribution is 0.0992. The van der Waals surface area contributed by atoms with Crippen molar-refractivity contribution in [2.24, 2.45) is 0 Å². The van der Waals surface area contributed by atoms with Gasteiger partial charge in [-0.15, -0.1) is 0 Å². The summed E-state index contributed by atoms with van der Waals surface area (Å²) >= 11 is 0. The van der Waals surface area contributed by atoms with Gasteiger partial charge in [-0.2, -0.15) is 0 Å². The lowest BCUT2D eigenvalue weighted by Crippen LogP contribution is -1.97. The first kappa shape index (κ1) is 6.84. The van der Waals surface area contributed by atoms with Crippen LogP contribution in [-0.2, 0) is 0 Å². The Morgan fingerprint density at radius 3 is 3.08 bits per heavy atom. The van der Waals surface area contributed by atoms with Crippen LogP contribution in [0.25, 0.3) is 11.1 Å². The van der Waals surface area contributed by atoms with Gasteiger partial charge in [-0.25, -0.2) is 4.98 Å². The van der Waals surface area contributed by atoms with Gasteiger partial charge in [0.15, 0.2) is 12.0 Å². The van der Waals surface area contributed by atoms with Crippen LogP contribution in [0.3, 0.4) is 0 Å². The number of nitrogens with one attached hydrogen (secondary N) is 1. The second kappa shape index (κ2) is 2.34. The van der Waals surface area contributed by atoms with Crippen LogP contribution >= 0.6 is 0 Å². The Balaban J connectivity index is 2.68. The molecule has 0 aliphatic heterocycles. The van der Waals surface area contributed by atoms with E-state index in [1.165, 1.54) is 12.5 Å². The molecule has 0 spiro atoms. The molecule has 1 heterocycles. The van der Waals surface area contributed by atoms with Crippen molar-refractivity contribution < 1.29 is 9.21 Å². The van der Waals surface area contributed by atoms with Gasteiger partial charge < -0.3 is 4.42 Å². The summed E-state index contributed by atoms with van der Waals surface area (Å²) in [5.74, 6) is -0.708. The van der Waals surface area contributed by atoms with Crippen LogP contribution in [-0.4, -0.2) is 10.9 Å². The summed E-state index contributed by atoms with van der Waals surface area (Å²) in [7, 11) is 0. The third-order valence-corrected chi connectivity index (χ3v) is 1.59. The minimum absolute atomic E-state index is 0.330. The Morgan fingerprint density at radius 2 is 2.33 bits per heavy atom. The maximum Gasteiger partial charge on any atom is 0.269 e. The van der Waals surface area contributed by atoms with E-state index in [9.17, 15) is 4.79 Å². The van der Waals surface area contributed by atoms with Gasteiger partial charge in [0.25, 0.3) is 5.91 Å². The normalized spacial score (nSPS) is 10.3. The van der Waals surface area contributed by atoms with Crippen LogP contribution < -0.4 is 5.73 Å². The summed E-state index contributed by atoms with van der Waals surface area (Å²) in [5, 5.41) is 0. The molecule has 4 nitrogen and oxygen atoms in total. The molecule has 0 saturated carbocycles. The smallest absolute Gasteiger partial charge is 0.269 e. The second-order valence-corrected chi connectivity index (χ2v) is 2.36. The Labute approximate surface area is 68.0 Å². The van der Waals surface area contributed by atoms with Crippen molar-refractivity contribution in [2.45, 2.75) is 0 Å². The van der Waals surface area contributed by atoms with Gasteiger partial charge in [-0.1, -0.05) is 0 Å². The first-order valence-corrected chi connectivity index (χ1v) is 3.36. The maximum atomic E-state index is 10.6. The van der Waals surface area contributed by atoms with E-state index < -0.39 is 5.91 Å². The third kappa shape index (κ3) is 0.934. The number of amides is 1. The zero-order chi connectivity index (χ0) is 8.55. The van der Waals surface area contributed by atoms with Crippen molar-refractivity contribution in [3.63, 3.8) is 0 Å². The van der Waals surface area contributed by atoms with Gasteiger partial charge in [0, 0.05) is 5.56 Å². The van der Waals surface area contributed by atoms with Gasteiger partial charge in [-0.3, -0.25) is 10.5 Å². The second-order valence-electron chi connectivity index (χ2n) is 2.36. The van der Waals surface area contributed by atoms with Crippen molar-refractivity contribution in [3.8, 4) is 0 Å². The fourth-order valence-electron chi connectivity index (χ4n) is 0.999. The molecule has 1 N–H and O–H groups in total. The Hall–Kier alpha value is -1.84. The predicted molar refractivity (Wildman–Crippen MR) is 41.4 cm³/mol. The van der Waals surface area contributed by atoms with Crippen LogP contribution in [0.4, 0.5) is 0 Å². The first-order chi connectivity index (χ1) is 5.77. The minimum atomic E-state index is -0.708. The monoisotopic (exact) mass is 161 g/mol. The molecule has 0 fully saturated rings. The molecule has 0 bridgehead atoms. The molecular weight excluding hydrogens is 156 g/mol. The molecule has 0 saturated heterocycles. The molecule has 1 aromatic heterocycles. The Morgan fingerprint density at radius 1 is 1.50 bits per heavy atom. The minimum Gasteiger partial charge on any atom is -0.443 e. The Bertz CT molecular complexity index is 433. The molecule has 0 aliphatic rings. The van der Waals surface area contributed by atoms with Crippen molar-refractivity contribution >= 4 is 17.0 Å². The highest BCUT2D eigenvalue weighted by Crippen LogP contribution is 2.13. The highest BCUT2D eigenvalue weighted by Gasteiger charge is 2.03. The number of hydrogen-bond acceptors (Lipinski definition) is 3. The maximum absolute atomic E-state index is 10.6. The van der Waals surface area contributed by atoms with E-state index in [4.69, 9.17) is 10.2 Å². The molecule has 2 aromatic rings. The van der Waals surface area contributed by atoms with Crippen molar-refractivity contribution in [1.82, 2.24) is 10.7 Å². The van der Waals surface area contributed by atoms with E-state index in [-0.39, 0.29) is 0 Å². The fourth-order valence-corrected chi connectivity index (χ4v) is 0.999. The van der Waals surface area contributed by atoms with Gasteiger partial charge >= 0.3 is 0 Å². The predicted octanol–water partition coefficient (Wildman–Crippen LogP) is 1.25. The van der Waals surface area contributed by atoms with Gasteiger partial charge in [-0.05, 0) is 18.2 Å². The van der Waals surface area contributed by atoms with Crippen molar-refractivity contribution in [3.05, 3.63) is 30.2 Å². The molecular formula is C8H5N2O2. The molecule has 0 unspecified atom stereocenters.